The smallest absolute Gasteiger partial charge is 0.298 e. The molecule has 0 aliphatic heterocycles. The van der Waals surface area contributed by atoms with Gasteiger partial charge in [0.1, 0.15) is 0 Å². The van der Waals surface area contributed by atoms with Crippen molar-refractivity contribution < 1.29 is 17.4 Å². The number of benzene rings is 1. The Morgan fingerprint density at radius 2 is 1.91 bits per heavy atom. The SMILES string of the molecule is CNC(=O)[C@@H](OS(=O)(=O)c1ccc(C)cc1)C1=CCCC=C1. The molecule has 1 aliphatic rings. The summed E-state index contributed by atoms with van der Waals surface area (Å²) in [6.07, 6.45) is 5.90. The first-order valence-corrected chi connectivity index (χ1v) is 8.43. The number of carbonyl (C=O) groups excluding carboxylic acids is 1. The molecule has 0 bridgehead atoms. The third-order valence-corrected chi connectivity index (χ3v) is 4.64. The van der Waals surface area contributed by atoms with Crippen LogP contribution < -0.4 is 5.32 Å². The minimum absolute atomic E-state index is 0.0346. The second-order valence-corrected chi connectivity index (χ2v) is 6.61. The van der Waals surface area contributed by atoms with E-state index >= 15 is 0 Å². The highest BCUT2D eigenvalue weighted by molar-refractivity contribution is 7.86. The highest BCUT2D eigenvalue weighted by Gasteiger charge is 2.29. The van der Waals surface area contributed by atoms with E-state index in [0.29, 0.717) is 5.57 Å². The van der Waals surface area contributed by atoms with Crippen molar-refractivity contribution in [2.45, 2.75) is 30.8 Å². The minimum Gasteiger partial charge on any atom is -0.357 e. The minimum atomic E-state index is -4.02. The molecule has 0 heterocycles. The molecule has 118 valence electrons. The lowest BCUT2D eigenvalue weighted by molar-refractivity contribution is -0.125. The van der Waals surface area contributed by atoms with Crippen LogP contribution in [0.3, 0.4) is 0 Å². The third-order valence-electron chi connectivity index (χ3n) is 3.34. The van der Waals surface area contributed by atoms with Crippen LogP contribution in [0.15, 0.2) is 53.0 Å². The Hall–Kier alpha value is -1.92. The van der Waals surface area contributed by atoms with Gasteiger partial charge in [0.25, 0.3) is 16.0 Å². The molecule has 2 rings (SSSR count). The van der Waals surface area contributed by atoms with E-state index in [4.69, 9.17) is 4.18 Å². The molecule has 0 fully saturated rings. The Labute approximate surface area is 130 Å². The Bertz CT molecular complexity index is 702. The number of carbonyl (C=O) groups is 1. The van der Waals surface area contributed by atoms with Crippen molar-refractivity contribution in [1.82, 2.24) is 5.32 Å². The van der Waals surface area contributed by atoms with Gasteiger partial charge in [0.05, 0.1) is 4.90 Å². The Morgan fingerprint density at radius 1 is 1.23 bits per heavy atom. The zero-order valence-corrected chi connectivity index (χ0v) is 13.4. The molecule has 1 N–H and O–H groups in total. The van der Waals surface area contributed by atoms with E-state index in [0.717, 1.165) is 18.4 Å². The highest BCUT2D eigenvalue weighted by atomic mass is 32.2. The molecule has 1 aliphatic carbocycles. The Morgan fingerprint density at radius 3 is 2.45 bits per heavy atom. The molecule has 5 nitrogen and oxygen atoms in total. The molecule has 22 heavy (non-hydrogen) atoms. The van der Waals surface area contributed by atoms with E-state index in [1.54, 1.807) is 18.2 Å². The van der Waals surface area contributed by atoms with Crippen LogP contribution in [0.25, 0.3) is 0 Å². The molecule has 1 atom stereocenters. The van der Waals surface area contributed by atoms with Crippen LogP contribution in [0, 0.1) is 6.92 Å². The van der Waals surface area contributed by atoms with E-state index in [1.165, 1.54) is 19.2 Å². The summed E-state index contributed by atoms with van der Waals surface area (Å²) in [5, 5.41) is 2.44. The molecule has 1 amide bonds. The van der Waals surface area contributed by atoms with E-state index in [1.807, 2.05) is 19.1 Å². The van der Waals surface area contributed by atoms with Crippen molar-refractivity contribution >= 4 is 16.0 Å². The lowest BCUT2D eigenvalue weighted by Gasteiger charge is -2.19. The van der Waals surface area contributed by atoms with E-state index < -0.39 is 22.1 Å². The van der Waals surface area contributed by atoms with Crippen LogP contribution in [0.4, 0.5) is 0 Å². The average molecular weight is 321 g/mol. The second-order valence-electron chi connectivity index (χ2n) is 5.04. The molecule has 0 aromatic heterocycles. The van der Waals surface area contributed by atoms with Gasteiger partial charge in [0.2, 0.25) is 0 Å². The van der Waals surface area contributed by atoms with Gasteiger partial charge in [-0.05, 0) is 37.5 Å². The Kier molecular flexibility index (Phi) is 5.15. The summed E-state index contributed by atoms with van der Waals surface area (Å²) in [6.45, 7) is 1.86. The summed E-state index contributed by atoms with van der Waals surface area (Å²) in [4.78, 5) is 12.0. The molecular formula is C16H19NO4S. The van der Waals surface area contributed by atoms with Crippen molar-refractivity contribution in [3.05, 3.63) is 53.6 Å². The predicted molar refractivity (Wildman–Crippen MR) is 83.8 cm³/mol. The van der Waals surface area contributed by atoms with Gasteiger partial charge in [-0.1, -0.05) is 35.9 Å². The number of aryl methyl sites for hydroxylation is 1. The highest BCUT2D eigenvalue weighted by Crippen LogP contribution is 2.22. The number of allylic oxidation sites excluding steroid dienone is 2. The summed E-state index contributed by atoms with van der Waals surface area (Å²) in [5.41, 5.74) is 1.50. The van der Waals surface area contributed by atoms with Gasteiger partial charge in [0.15, 0.2) is 6.10 Å². The lowest BCUT2D eigenvalue weighted by Crippen LogP contribution is -2.37. The molecular weight excluding hydrogens is 302 g/mol. The summed E-state index contributed by atoms with van der Waals surface area (Å²) in [6, 6.07) is 6.31. The fraction of sp³-hybridized carbons (Fsp3) is 0.312. The van der Waals surface area contributed by atoms with Crippen LogP contribution >= 0.6 is 0 Å². The number of likely N-dealkylation sites (N-methyl/N-ethyl adjacent to an activating group) is 1. The molecule has 0 radical (unpaired) electrons. The van der Waals surface area contributed by atoms with Gasteiger partial charge in [0, 0.05) is 7.05 Å². The zero-order valence-electron chi connectivity index (χ0n) is 12.6. The van der Waals surface area contributed by atoms with Crippen molar-refractivity contribution in [2.24, 2.45) is 0 Å². The van der Waals surface area contributed by atoms with Gasteiger partial charge in [-0.15, -0.1) is 0 Å². The first kappa shape index (κ1) is 16.5. The monoisotopic (exact) mass is 321 g/mol. The lowest BCUT2D eigenvalue weighted by atomic mass is 10.0. The molecule has 0 spiro atoms. The zero-order chi connectivity index (χ0) is 16.2. The quantitative estimate of drug-likeness (QED) is 0.843. The second kappa shape index (κ2) is 6.89. The molecule has 0 unspecified atom stereocenters. The predicted octanol–water partition coefficient (Wildman–Crippen LogP) is 2.09. The number of amides is 1. The molecule has 1 aromatic carbocycles. The third kappa shape index (κ3) is 3.84. The number of nitrogens with one attached hydrogen (secondary N) is 1. The van der Waals surface area contributed by atoms with Crippen molar-refractivity contribution in [1.29, 1.82) is 0 Å². The first-order valence-electron chi connectivity index (χ1n) is 7.02. The van der Waals surface area contributed by atoms with E-state index in [9.17, 15) is 13.2 Å². The van der Waals surface area contributed by atoms with Crippen molar-refractivity contribution in [3.8, 4) is 0 Å². The van der Waals surface area contributed by atoms with Crippen LogP contribution in [0.2, 0.25) is 0 Å². The van der Waals surface area contributed by atoms with Crippen molar-refractivity contribution in [3.63, 3.8) is 0 Å². The van der Waals surface area contributed by atoms with Crippen LogP contribution in [0.1, 0.15) is 18.4 Å². The number of rotatable bonds is 5. The molecule has 1 aromatic rings. The fourth-order valence-electron chi connectivity index (χ4n) is 2.10. The standard InChI is InChI=1S/C16H19NO4S/c1-12-8-10-14(11-9-12)22(19,20)21-15(16(18)17-2)13-6-4-3-5-7-13/h4,6-11,15H,3,5H2,1-2H3,(H,17,18)/t15-/m0/s1. The van der Waals surface area contributed by atoms with Gasteiger partial charge in [-0.3, -0.25) is 4.79 Å². The largest absolute Gasteiger partial charge is 0.357 e. The van der Waals surface area contributed by atoms with Gasteiger partial charge in [-0.2, -0.15) is 8.42 Å². The van der Waals surface area contributed by atoms with E-state index in [-0.39, 0.29) is 4.90 Å². The fourth-order valence-corrected chi connectivity index (χ4v) is 3.13. The Balaban J connectivity index is 2.29. The van der Waals surface area contributed by atoms with Gasteiger partial charge in [-0.25, -0.2) is 4.18 Å². The number of hydrogen-bond acceptors (Lipinski definition) is 4. The summed E-state index contributed by atoms with van der Waals surface area (Å²) < 4.78 is 29.9. The van der Waals surface area contributed by atoms with Gasteiger partial charge >= 0.3 is 0 Å². The van der Waals surface area contributed by atoms with Crippen LogP contribution in [0.5, 0.6) is 0 Å². The maximum Gasteiger partial charge on any atom is 0.298 e. The van der Waals surface area contributed by atoms with Crippen molar-refractivity contribution in [2.75, 3.05) is 7.05 Å². The summed E-state index contributed by atoms with van der Waals surface area (Å²) in [5.74, 6) is -0.492. The molecule has 0 saturated carbocycles. The van der Waals surface area contributed by atoms with E-state index in [2.05, 4.69) is 5.32 Å². The maximum atomic E-state index is 12.4. The average Bonchev–Trinajstić information content (AvgIpc) is 2.53. The maximum absolute atomic E-state index is 12.4. The van der Waals surface area contributed by atoms with Crippen LogP contribution in [-0.2, 0) is 19.1 Å². The summed E-state index contributed by atoms with van der Waals surface area (Å²) >= 11 is 0. The molecule has 0 saturated heterocycles. The normalized spacial score (nSPS) is 16.0. The topological polar surface area (TPSA) is 72.5 Å². The molecule has 6 heteroatoms. The van der Waals surface area contributed by atoms with Crippen LogP contribution in [-0.4, -0.2) is 27.5 Å². The first-order chi connectivity index (χ1) is 10.4. The van der Waals surface area contributed by atoms with Gasteiger partial charge < -0.3 is 5.32 Å². The summed E-state index contributed by atoms with van der Waals surface area (Å²) in [7, 11) is -2.57. The number of hydrogen-bond donors (Lipinski definition) is 1.